The van der Waals surface area contributed by atoms with Gasteiger partial charge in [0.15, 0.2) is 11.3 Å². The summed E-state index contributed by atoms with van der Waals surface area (Å²) in [7, 11) is 0. The number of ether oxygens (including phenoxy) is 1. The van der Waals surface area contributed by atoms with E-state index < -0.39 is 5.97 Å². The Bertz CT molecular complexity index is 427. The molecule has 0 aliphatic carbocycles. The molecule has 6 heteroatoms. The van der Waals surface area contributed by atoms with Gasteiger partial charge in [0, 0.05) is 6.04 Å². The van der Waals surface area contributed by atoms with E-state index in [1.54, 1.807) is 6.07 Å². The highest BCUT2D eigenvalue weighted by atomic mass is 79.9. The number of furan rings is 1. The molecule has 1 aromatic heterocycles. The van der Waals surface area contributed by atoms with Crippen LogP contribution in [0.25, 0.3) is 0 Å². The van der Waals surface area contributed by atoms with E-state index >= 15 is 0 Å². The van der Waals surface area contributed by atoms with Crippen LogP contribution < -0.4 is 5.32 Å². The lowest BCUT2D eigenvalue weighted by Crippen LogP contribution is -2.38. The van der Waals surface area contributed by atoms with Crippen molar-refractivity contribution in [1.29, 1.82) is 0 Å². The van der Waals surface area contributed by atoms with Crippen molar-refractivity contribution in [1.82, 2.24) is 5.32 Å². The Hall–Kier alpha value is -1.30. The van der Waals surface area contributed by atoms with Crippen LogP contribution in [0, 0.1) is 5.92 Å². The van der Waals surface area contributed by atoms with Gasteiger partial charge in [0.1, 0.15) is 0 Å². The van der Waals surface area contributed by atoms with E-state index in [1.807, 2.05) is 20.8 Å². The smallest absolute Gasteiger partial charge is 0.374 e. The normalized spacial score (nSPS) is 12.3. The lowest BCUT2D eigenvalue weighted by atomic mass is 10.1. The molecule has 1 rings (SSSR count). The summed E-state index contributed by atoms with van der Waals surface area (Å²) in [4.78, 5) is 22.9. The number of esters is 1. The number of halogens is 1. The molecule has 1 N–H and O–H groups in total. The van der Waals surface area contributed by atoms with Crippen LogP contribution in [0.5, 0.6) is 0 Å². The molecule has 1 aromatic rings. The third-order valence-corrected chi connectivity index (χ3v) is 2.92. The second-order valence-electron chi connectivity index (χ2n) is 4.28. The number of rotatable bonds is 5. The quantitative estimate of drug-likeness (QED) is 0.846. The van der Waals surface area contributed by atoms with Gasteiger partial charge in [-0.15, -0.1) is 0 Å². The first kappa shape index (κ1) is 14.8. The van der Waals surface area contributed by atoms with Gasteiger partial charge in [-0.25, -0.2) is 4.79 Å². The molecule has 5 nitrogen and oxygen atoms in total. The standard InChI is InChI=1S/C12H16BrNO4/c1-7(2)8(3)14-11(15)6-17-12(16)9-4-5-10(13)18-9/h4-5,7-8H,6H2,1-3H3,(H,14,15). The second kappa shape index (κ2) is 6.58. The van der Waals surface area contributed by atoms with Gasteiger partial charge >= 0.3 is 5.97 Å². The molecule has 0 aromatic carbocycles. The van der Waals surface area contributed by atoms with Crippen LogP contribution in [0.2, 0.25) is 0 Å². The predicted molar refractivity (Wildman–Crippen MR) is 69.1 cm³/mol. The van der Waals surface area contributed by atoms with Crippen molar-refractivity contribution in [2.24, 2.45) is 5.92 Å². The molecule has 0 bridgehead atoms. The van der Waals surface area contributed by atoms with Crippen LogP contribution in [-0.4, -0.2) is 24.5 Å². The van der Waals surface area contributed by atoms with E-state index in [1.165, 1.54) is 6.07 Å². The molecule has 0 saturated carbocycles. The average Bonchev–Trinajstić information content (AvgIpc) is 2.72. The molecule has 0 aliphatic heterocycles. The minimum absolute atomic E-state index is 0.0361. The van der Waals surface area contributed by atoms with Crippen molar-refractivity contribution in [3.05, 3.63) is 22.6 Å². The fourth-order valence-corrected chi connectivity index (χ4v) is 1.40. The van der Waals surface area contributed by atoms with Crippen LogP contribution in [-0.2, 0) is 9.53 Å². The summed E-state index contributed by atoms with van der Waals surface area (Å²) in [6, 6.07) is 3.09. The Morgan fingerprint density at radius 3 is 2.56 bits per heavy atom. The van der Waals surface area contributed by atoms with Crippen molar-refractivity contribution in [2.75, 3.05) is 6.61 Å². The molecule has 0 aliphatic rings. The summed E-state index contributed by atoms with van der Waals surface area (Å²) in [6.45, 7) is 5.58. The molecule has 1 atom stereocenters. The largest absolute Gasteiger partial charge is 0.450 e. The Morgan fingerprint density at radius 1 is 1.39 bits per heavy atom. The van der Waals surface area contributed by atoms with Gasteiger partial charge in [0.05, 0.1) is 0 Å². The van der Waals surface area contributed by atoms with Crippen LogP contribution in [0.3, 0.4) is 0 Å². The summed E-state index contributed by atoms with van der Waals surface area (Å²) in [6.07, 6.45) is 0. The first-order chi connectivity index (χ1) is 8.40. The van der Waals surface area contributed by atoms with Gasteiger partial charge in [0.25, 0.3) is 5.91 Å². The van der Waals surface area contributed by atoms with E-state index in [0.717, 1.165) is 0 Å². The Kier molecular flexibility index (Phi) is 5.40. The molecule has 0 fully saturated rings. The van der Waals surface area contributed by atoms with E-state index in [0.29, 0.717) is 10.6 Å². The number of amides is 1. The van der Waals surface area contributed by atoms with E-state index in [2.05, 4.69) is 21.2 Å². The monoisotopic (exact) mass is 317 g/mol. The van der Waals surface area contributed by atoms with Gasteiger partial charge in [-0.2, -0.15) is 0 Å². The summed E-state index contributed by atoms with van der Waals surface area (Å²) in [5.74, 6) is -0.597. The fraction of sp³-hybridized carbons (Fsp3) is 0.500. The summed E-state index contributed by atoms with van der Waals surface area (Å²) in [5.41, 5.74) is 0. The number of hydrogen-bond acceptors (Lipinski definition) is 4. The van der Waals surface area contributed by atoms with Gasteiger partial charge in [-0.1, -0.05) is 13.8 Å². The van der Waals surface area contributed by atoms with Gasteiger partial charge in [-0.05, 0) is 40.9 Å². The molecule has 0 radical (unpaired) electrons. The lowest BCUT2D eigenvalue weighted by molar-refractivity contribution is -0.125. The van der Waals surface area contributed by atoms with Crippen LogP contribution in [0.1, 0.15) is 31.3 Å². The number of carbonyl (C=O) groups excluding carboxylic acids is 2. The molecular formula is C12H16BrNO4. The maximum atomic E-state index is 11.5. The third kappa shape index (κ3) is 4.52. The SMILES string of the molecule is CC(C)C(C)NC(=O)COC(=O)c1ccc(Br)o1. The van der Waals surface area contributed by atoms with Crippen molar-refractivity contribution in [3.8, 4) is 0 Å². The maximum Gasteiger partial charge on any atom is 0.374 e. The van der Waals surface area contributed by atoms with Gasteiger partial charge < -0.3 is 14.5 Å². The highest BCUT2D eigenvalue weighted by Gasteiger charge is 2.15. The molecule has 0 saturated heterocycles. The van der Waals surface area contributed by atoms with Crippen molar-refractivity contribution in [3.63, 3.8) is 0 Å². The molecule has 1 unspecified atom stereocenters. The average molecular weight is 318 g/mol. The molecule has 1 amide bonds. The highest BCUT2D eigenvalue weighted by Crippen LogP contribution is 2.14. The zero-order chi connectivity index (χ0) is 13.7. The zero-order valence-corrected chi connectivity index (χ0v) is 12.1. The minimum atomic E-state index is -0.659. The first-order valence-electron chi connectivity index (χ1n) is 5.62. The predicted octanol–water partition coefficient (Wildman–Crippen LogP) is 2.36. The van der Waals surface area contributed by atoms with E-state index in [-0.39, 0.29) is 24.3 Å². The lowest BCUT2D eigenvalue weighted by Gasteiger charge is -2.17. The van der Waals surface area contributed by atoms with Crippen molar-refractivity contribution in [2.45, 2.75) is 26.8 Å². The highest BCUT2D eigenvalue weighted by molar-refractivity contribution is 9.10. The topological polar surface area (TPSA) is 68.5 Å². The van der Waals surface area contributed by atoms with Gasteiger partial charge in [-0.3, -0.25) is 4.79 Å². The van der Waals surface area contributed by atoms with Crippen LogP contribution >= 0.6 is 15.9 Å². The second-order valence-corrected chi connectivity index (χ2v) is 5.06. The zero-order valence-electron chi connectivity index (χ0n) is 10.5. The number of carbonyl (C=O) groups is 2. The van der Waals surface area contributed by atoms with Gasteiger partial charge in [0.2, 0.25) is 5.76 Å². The van der Waals surface area contributed by atoms with Crippen molar-refractivity contribution >= 4 is 27.8 Å². The fourth-order valence-electron chi connectivity index (χ4n) is 1.09. The van der Waals surface area contributed by atoms with Crippen molar-refractivity contribution < 1.29 is 18.7 Å². The Morgan fingerprint density at radius 2 is 2.06 bits per heavy atom. The summed E-state index contributed by atoms with van der Waals surface area (Å²) in [5, 5.41) is 2.74. The number of hydrogen-bond donors (Lipinski definition) is 1. The van der Waals surface area contributed by atoms with E-state index in [4.69, 9.17) is 9.15 Å². The molecule has 1 heterocycles. The Labute approximate surface area is 114 Å². The minimum Gasteiger partial charge on any atom is -0.450 e. The molecule has 18 heavy (non-hydrogen) atoms. The molecular weight excluding hydrogens is 302 g/mol. The maximum absolute atomic E-state index is 11.5. The first-order valence-corrected chi connectivity index (χ1v) is 6.41. The van der Waals surface area contributed by atoms with Crippen LogP contribution in [0.15, 0.2) is 21.2 Å². The number of nitrogens with one attached hydrogen (secondary N) is 1. The van der Waals surface area contributed by atoms with Crippen LogP contribution in [0.4, 0.5) is 0 Å². The molecule has 100 valence electrons. The molecule has 0 spiro atoms. The van der Waals surface area contributed by atoms with E-state index in [9.17, 15) is 9.59 Å². The Balaban J connectivity index is 2.37. The third-order valence-electron chi connectivity index (χ3n) is 2.50. The summed E-state index contributed by atoms with van der Waals surface area (Å²) >= 11 is 3.08. The summed E-state index contributed by atoms with van der Waals surface area (Å²) < 4.78 is 10.3.